The first-order valence-corrected chi connectivity index (χ1v) is 8.40. The first kappa shape index (κ1) is 15.9. The zero-order valence-electron chi connectivity index (χ0n) is 13.8. The highest BCUT2D eigenvalue weighted by molar-refractivity contribution is 5.54. The van der Waals surface area contributed by atoms with E-state index >= 15 is 0 Å². The minimum atomic E-state index is -0.285. The van der Waals surface area contributed by atoms with Crippen molar-refractivity contribution >= 4 is 0 Å². The van der Waals surface area contributed by atoms with Crippen LogP contribution >= 0.6 is 0 Å². The lowest BCUT2D eigenvalue weighted by Crippen LogP contribution is -2.21. The predicted molar refractivity (Wildman–Crippen MR) is 92.3 cm³/mol. The van der Waals surface area contributed by atoms with Crippen LogP contribution in [-0.4, -0.2) is 54.8 Å². The van der Waals surface area contributed by atoms with Crippen LogP contribution in [0.25, 0.3) is 11.4 Å². The molecule has 1 aliphatic heterocycles. The molecule has 0 aliphatic carbocycles. The summed E-state index contributed by atoms with van der Waals surface area (Å²) >= 11 is 0. The highest BCUT2D eigenvalue weighted by Crippen LogP contribution is 2.23. The summed E-state index contributed by atoms with van der Waals surface area (Å²) in [5, 5.41) is 24.4. The molecule has 128 valence electrons. The molecule has 1 saturated heterocycles. The summed E-state index contributed by atoms with van der Waals surface area (Å²) < 4.78 is 0. The van der Waals surface area contributed by atoms with Crippen molar-refractivity contribution in [3.05, 3.63) is 59.9 Å². The first-order valence-electron chi connectivity index (χ1n) is 8.40. The Labute approximate surface area is 145 Å². The standard InChI is InChI=1S/C18H20N6O/c25-17-12-24(11-16(17)9-13-5-7-19-8-6-13)10-14-1-3-15(4-2-14)18-20-22-23-21-18/h1-8,16-17,25H,9-12H2,(H,20,21,22,23)/t16-,17+/m1/s1. The van der Waals surface area contributed by atoms with Crippen LogP contribution in [0.5, 0.6) is 0 Å². The van der Waals surface area contributed by atoms with Gasteiger partial charge in [-0.1, -0.05) is 24.3 Å². The van der Waals surface area contributed by atoms with Gasteiger partial charge in [0.05, 0.1) is 6.10 Å². The lowest BCUT2D eigenvalue weighted by molar-refractivity contribution is 0.141. The Kier molecular flexibility index (Phi) is 4.49. The van der Waals surface area contributed by atoms with E-state index in [1.807, 2.05) is 24.3 Å². The molecular formula is C18H20N6O. The predicted octanol–water partition coefficient (Wildman–Crippen LogP) is 1.30. The lowest BCUT2D eigenvalue weighted by atomic mass is 9.97. The maximum Gasteiger partial charge on any atom is 0.204 e. The Hall–Kier alpha value is -2.64. The molecule has 0 spiro atoms. The molecule has 1 fully saturated rings. The molecule has 0 radical (unpaired) electrons. The van der Waals surface area contributed by atoms with E-state index in [4.69, 9.17) is 0 Å². The highest BCUT2D eigenvalue weighted by atomic mass is 16.3. The van der Waals surface area contributed by atoms with E-state index in [1.165, 1.54) is 11.1 Å². The number of benzene rings is 1. The highest BCUT2D eigenvalue weighted by Gasteiger charge is 2.31. The van der Waals surface area contributed by atoms with Crippen LogP contribution in [0, 0.1) is 5.92 Å². The molecule has 1 aliphatic rings. The number of pyridine rings is 1. The van der Waals surface area contributed by atoms with Crippen molar-refractivity contribution in [2.45, 2.75) is 19.1 Å². The summed E-state index contributed by atoms with van der Waals surface area (Å²) in [6, 6.07) is 12.2. The lowest BCUT2D eigenvalue weighted by Gasteiger charge is -2.16. The third-order valence-electron chi connectivity index (χ3n) is 4.69. The molecule has 0 bridgehead atoms. The average molecular weight is 336 g/mol. The topological polar surface area (TPSA) is 90.8 Å². The second kappa shape index (κ2) is 7.08. The van der Waals surface area contributed by atoms with E-state index in [9.17, 15) is 5.11 Å². The normalized spacial score (nSPS) is 20.8. The Morgan fingerprint density at radius 1 is 1.04 bits per heavy atom. The molecule has 4 rings (SSSR count). The molecule has 3 heterocycles. The molecule has 2 N–H and O–H groups in total. The molecule has 25 heavy (non-hydrogen) atoms. The zero-order valence-corrected chi connectivity index (χ0v) is 13.8. The fraction of sp³-hybridized carbons (Fsp3) is 0.333. The van der Waals surface area contributed by atoms with Gasteiger partial charge in [0.25, 0.3) is 0 Å². The van der Waals surface area contributed by atoms with Gasteiger partial charge in [0, 0.05) is 43.5 Å². The number of hydrogen-bond acceptors (Lipinski definition) is 6. The monoisotopic (exact) mass is 336 g/mol. The van der Waals surface area contributed by atoms with Crippen LogP contribution in [0.2, 0.25) is 0 Å². The third-order valence-corrected chi connectivity index (χ3v) is 4.69. The number of β-amino-alcohol motifs (C(OH)–C–C–N with tert-alkyl or cyclic N) is 1. The molecule has 1 aromatic carbocycles. The van der Waals surface area contributed by atoms with E-state index in [-0.39, 0.29) is 12.0 Å². The van der Waals surface area contributed by atoms with Gasteiger partial charge in [-0.3, -0.25) is 9.88 Å². The molecule has 7 nitrogen and oxygen atoms in total. The van der Waals surface area contributed by atoms with Gasteiger partial charge in [0.15, 0.2) is 0 Å². The van der Waals surface area contributed by atoms with Crippen molar-refractivity contribution in [2.24, 2.45) is 5.92 Å². The SMILES string of the molecule is O[C@H]1CN(Cc2ccc(-c3nn[nH]n3)cc2)C[C@H]1Cc1ccncc1. The quantitative estimate of drug-likeness (QED) is 0.730. The van der Waals surface area contributed by atoms with Gasteiger partial charge in [-0.2, -0.15) is 5.21 Å². The number of H-pyrrole nitrogens is 1. The number of aromatic nitrogens is 5. The second-order valence-electron chi connectivity index (χ2n) is 6.51. The van der Waals surface area contributed by atoms with Crippen LogP contribution in [0.1, 0.15) is 11.1 Å². The molecule has 2 atom stereocenters. The number of likely N-dealkylation sites (tertiary alicyclic amines) is 1. The Balaban J connectivity index is 1.37. The number of nitrogens with zero attached hydrogens (tertiary/aromatic N) is 5. The number of rotatable bonds is 5. The fourth-order valence-electron chi connectivity index (χ4n) is 3.39. The maximum absolute atomic E-state index is 10.4. The van der Waals surface area contributed by atoms with Crippen molar-refractivity contribution in [1.82, 2.24) is 30.5 Å². The van der Waals surface area contributed by atoms with Crippen molar-refractivity contribution in [1.29, 1.82) is 0 Å². The van der Waals surface area contributed by atoms with Crippen LogP contribution in [-0.2, 0) is 13.0 Å². The summed E-state index contributed by atoms with van der Waals surface area (Å²) in [6.07, 6.45) is 4.21. The van der Waals surface area contributed by atoms with Gasteiger partial charge >= 0.3 is 0 Å². The Morgan fingerprint density at radius 3 is 2.56 bits per heavy atom. The van der Waals surface area contributed by atoms with Crippen molar-refractivity contribution in [3.8, 4) is 11.4 Å². The van der Waals surface area contributed by atoms with Gasteiger partial charge in [0.2, 0.25) is 5.82 Å². The number of aromatic amines is 1. The third kappa shape index (κ3) is 3.72. The summed E-state index contributed by atoms with van der Waals surface area (Å²) in [5.74, 6) is 0.863. The minimum absolute atomic E-state index is 0.265. The molecule has 0 saturated carbocycles. The summed E-state index contributed by atoms with van der Waals surface area (Å²) in [6.45, 7) is 2.44. The van der Waals surface area contributed by atoms with E-state index in [1.54, 1.807) is 12.4 Å². The van der Waals surface area contributed by atoms with E-state index in [0.717, 1.165) is 25.1 Å². The van der Waals surface area contributed by atoms with Crippen LogP contribution < -0.4 is 0 Å². The van der Waals surface area contributed by atoms with Gasteiger partial charge in [-0.15, -0.1) is 10.2 Å². The van der Waals surface area contributed by atoms with Crippen LogP contribution in [0.4, 0.5) is 0 Å². The summed E-state index contributed by atoms with van der Waals surface area (Å²) in [5.41, 5.74) is 3.38. The number of hydrogen-bond donors (Lipinski definition) is 2. The average Bonchev–Trinajstić information content (AvgIpc) is 3.27. The number of nitrogens with one attached hydrogen (secondary N) is 1. The van der Waals surface area contributed by atoms with E-state index in [2.05, 4.69) is 42.6 Å². The Morgan fingerprint density at radius 2 is 1.84 bits per heavy atom. The largest absolute Gasteiger partial charge is 0.391 e. The van der Waals surface area contributed by atoms with Gasteiger partial charge < -0.3 is 5.11 Å². The smallest absolute Gasteiger partial charge is 0.204 e. The van der Waals surface area contributed by atoms with Gasteiger partial charge in [-0.05, 0) is 34.9 Å². The molecular weight excluding hydrogens is 316 g/mol. The number of aliphatic hydroxyl groups is 1. The van der Waals surface area contributed by atoms with Gasteiger partial charge in [0.1, 0.15) is 0 Å². The molecule has 7 heteroatoms. The van der Waals surface area contributed by atoms with Crippen LogP contribution in [0.3, 0.4) is 0 Å². The number of tetrazole rings is 1. The minimum Gasteiger partial charge on any atom is -0.391 e. The Bertz CT molecular complexity index is 790. The zero-order chi connectivity index (χ0) is 17.1. The fourth-order valence-corrected chi connectivity index (χ4v) is 3.39. The molecule has 0 amide bonds. The summed E-state index contributed by atoms with van der Waals surface area (Å²) in [7, 11) is 0. The summed E-state index contributed by atoms with van der Waals surface area (Å²) in [4.78, 5) is 6.35. The van der Waals surface area contributed by atoms with E-state index in [0.29, 0.717) is 12.4 Å². The van der Waals surface area contributed by atoms with Crippen molar-refractivity contribution in [2.75, 3.05) is 13.1 Å². The van der Waals surface area contributed by atoms with E-state index < -0.39 is 0 Å². The maximum atomic E-state index is 10.4. The molecule has 0 unspecified atom stereocenters. The first-order chi connectivity index (χ1) is 12.3. The molecule has 2 aromatic heterocycles. The number of aliphatic hydroxyl groups excluding tert-OH is 1. The molecule has 3 aromatic rings. The van der Waals surface area contributed by atoms with Crippen molar-refractivity contribution < 1.29 is 5.11 Å². The van der Waals surface area contributed by atoms with Crippen molar-refractivity contribution in [3.63, 3.8) is 0 Å². The second-order valence-corrected chi connectivity index (χ2v) is 6.51. The van der Waals surface area contributed by atoms with Gasteiger partial charge in [-0.25, -0.2) is 0 Å². The van der Waals surface area contributed by atoms with Crippen LogP contribution in [0.15, 0.2) is 48.8 Å².